The zero-order valence-corrected chi connectivity index (χ0v) is 18.3. The van der Waals surface area contributed by atoms with Crippen LogP contribution in [0.3, 0.4) is 0 Å². The molecular weight excluding hydrogens is 362 g/mol. The van der Waals surface area contributed by atoms with Gasteiger partial charge in [0.2, 0.25) is 5.91 Å². The Labute approximate surface area is 177 Å². The average Bonchev–Trinajstić information content (AvgIpc) is 2.70. The molecule has 3 N–H and O–H groups in total. The van der Waals surface area contributed by atoms with Crippen LogP contribution in [0.4, 0.5) is 0 Å². The fourth-order valence-electron chi connectivity index (χ4n) is 3.37. The van der Waals surface area contributed by atoms with Crippen LogP contribution in [0, 0.1) is 0 Å². The van der Waals surface area contributed by atoms with Gasteiger partial charge in [-0.05, 0) is 50.3 Å². The van der Waals surface area contributed by atoms with E-state index in [0.717, 1.165) is 12.8 Å². The monoisotopic (exact) mass is 403 g/mol. The number of phenolic OH excluding ortho intramolecular Hbond substituents is 2. The second kappa shape index (κ2) is 16.9. The molecule has 1 amide bonds. The van der Waals surface area contributed by atoms with Gasteiger partial charge in [0.25, 0.3) is 0 Å². The second-order valence-electron chi connectivity index (χ2n) is 7.92. The largest absolute Gasteiger partial charge is 0.508 e. The number of unbranched alkanes of at least 4 members (excludes halogenated alkanes) is 11. The summed E-state index contributed by atoms with van der Waals surface area (Å²) in [6, 6.07) is 4.24. The van der Waals surface area contributed by atoms with Gasteiger partial charge in [-0.2, -0.15) is 0 Å². The van der Waals surface area contributed by atoms with Crippen molar-refractivity contribution in [2.24, 2.45) is 0 Å². The predicted octanol–water partition coefficient (Wildman–Crippen LogP) is 6.40. The highest BCUT2D eigenvalue weighted by Gasteiger charge is 2.08. The molecule has 0 spiro atoms. The summed E-state index contributed by atoms with van der Waals surface area (Å²) in [4.78, 5) is 11.9. The fourth-order valence-corrected chi connectivity index (χ4v) is 3.37. The van der Waals surface area contributed by atoms with E-state index in [0.29, 0.717) is 12.1 Å². The van der Waals surface area contributed by atoms with Crippen LogP contribution in [-0.4, -0.2) is 22.7 Å². The van der Waals surface area contributed by atoms with Gasteiger partial charge in [0.1, 0.15) is 11.5 Å². The molecular formula is C25H41NO3. The summed E-state index contributed by atoms with van der Waals surface area (Å²) < 4.78 is 0. The molecule has 0 aromatic heterocycles. The molecule has 1 aromatic rings. The normalized spacial score (nSPS) is 11.2. The predicted molar refractivity (Wildman–Crippen MR) is 121 cm³/mol. The van der Waals surface area contributed by atoms with Crippen LogP contribution < -0.4 is 5.32 Å². The van der Waals surface area contributed by atoms with Crippen molar-refractivity contribution in [1.29, 1.82) is 0 Å². The standard InChI is InChI=1S/C25H41NO3/c1-2-3-4-5-6-7-8-9-10-11-12-13-14-15-16-19-26-25(29)21-22-20-23(27)17-18-24(22)28/h9-10,17-18,20,27-28H,2-8,11-16,19,21H2,1H3,(H,26,29). The molecule has 0 aliphatic heterocycles. The number of hydrogen-bond acceptors (Lipinski definition) is 3. The number of amides is 1. The van der Waals surface area contributed by atoms with E-state index >= 15 is 0 Å². The van der Waals surface area contributed by atoms with Gasteiger partial charge in [0.05, 0.1) is 6.42 Å². The first-order chi connectivity index (χ1) is 14.1. The Morgan fingerprint density at radius 1 is 0.862 bits per heavy atom. The van der Waals surface area contributed by atoms with Crippen LogP contribution in [0.15, 0.2) is 30.4 Å². The van der Waals surface area contributed by atoms with Crippen LogP contribution in [0.2, 0.25) is 0 Å². The van der Waals surface area contributed by atoms with E-state index < -0.39 is 0 Å². The fraction of sp³-hybridized carbons (Fsp3) is 0.640. The van der Waals surface area contributed by atoms with Crippen LogP contribution in [-0.2, 0) is 11.2 Å². The maximum absolute atomic E-state index is 11.9. The smallest absolute Gasteiger partial charge is 0.224 e. The molecule has 4 heteroatoms. The quantitative estimate of drug-likeness (QED) is 0.160. The number of aromatic hydroxyl groups is 2. The van der Waals surface area contributed by atoms with Gasteiger partial charge < -0.3 is 15.5 Å². The minimum Gasteiger partial charge on any atom is -0.508 e. The highest BCUT2D eigenvalue weighted by atomic mass is 16.3. The highest BCUT2D eigenvalue weighted by molar-refractivity contribution is 5.79. The van der Waals surface area contributed by atoms with E-state index in [1.807, 2.05) is 0 Å². The number of hydrogen-bond donors (Lipinski definition) is 3. The molecule has 0 heterocycles. The van der Waals surface area contributed by atoms with E-state index in [2.05, 4.69) is 24.4 Å². The second-order valence-corrected chi connectivity index (χ2v) is 7.92. The van der Waals surface area contributed by atoms with Crippen molar-refractivity contribution >= 4 is 5.91 Å². The molecule has 4 nitrogen and oxygen atoms in total. The lowest BCUT2D eigenvalue weighted by Gasteiger charge is -2.07. The molecule has 1 rings (SSSR count). The van der Waals surface area contributed by atoms with Gasteiger partial charge in [-0.3, -0.25) is 4.79 Å². The summed E-state index contributed by atoms with van der Waals surface area (Å²) in [6.45, 7) is 2.92. The average molecular weight is 404 g/mol. The maximum atomic E-state index is 11.9. The van der Waals surface area contributed by atoms with Crippen molar-refractivity contribution in [2.45, 2.75) is 96.8 Å². The molecule has 164 valence electrons. The number of nitrogens with one attached hydrogen (secondary N) is 1. The van der Waals surface area contributed by atoms with E-state index in [4.69, 9.17) is 0 Å². The molecule has 1 aromatic carbocycles. The van der Waals surface area contributed by atoms with Gasteiger partial charge in [0, 0.05) is 12.1 Å². The summed E-state index contributed by atoms with van der Waals surface area (Å²) in [7, 11) is 0. The lowest BCUT2D eigenvalue weighted by atomic mass is 10.1. The summed E-state index contributed by atoms with van der Waals surface area (Å²) >= 11 is 0. The van der Waals surface area contributed by atoms with Crippen molar-refractivity contribution in [3.05, 3.63) is 35.9 Å². The number of carbonyl (C=O) groups excluding carboxylic acids is 1. The number of benzene rings is 1. The lowest BCUT2D eigenvalue weighted by molar-refractivity contribution is -0.120. The van der Waals surface area contributed by atoms with Crippen molar-refractivity contribution in [3.8, 4) is 11.5 Å². The minimum atomic E-state index is -0.124. The van der Waals surface area contributed by atoms with Gasteiger partial charge in [-0.25, -0.2) is 0 Å². The summed E-state index contributed by atoms with van der Waals surface area (Å²) in [5.41, 5.74) is 0.451. The first-order valence-corrected chi connectivity index (χ1v) is 11.6. The Kier molecular flexibility index (Phi) is 14.6. The third-order valence-corrected chi connectivity index (χ3v) is 5.17. The van der Waals surface area contributed by atoms with Crippen molar-refractivity contribution < 1.29 is 15.0 Å². The SMILES string of the molecule is CCCCCCCCC=CCCCCCCCNC(=O)Cc1cc(O)ccc1O. The van der Waals surface area contributed by atoms with Crippen LogP contribution in [0.1, 0.15) is 96.0 Å². The molecule has 0 unspecified atom stereocenters. The highest BCUT2D eigenvalue weighted by Crippen LogP contribution is 2.22. The molecule has 0 saturated heterocycles. The number of rotatable bonds is 17. The number of phenols is 2. The van der Waals surface area contributed by atoms with Gasteiger partial charge >= 0.3 is 0 Å². The first-order valence-electron chi connectivity index (χ1n) is 11.6. The molecule has 0 atom stereocenters. The Morgan fingerprint density at radius 3 is 2.10 bits per heavy atom. The number of carbonyl (C=O) groups is 1. The van der Waals surface area contributed by atoms with Crippen LogP contribution >= 0.6 is 0 Å². The Hall–Kier alpha value is -1.97. The molecule has 0 fully saturated rings. The van der Waals surface area contributed by atoms with E-state index in [1.54, 1.807) is 0 Å². The van der Waals surface area contributed by atoms with Crippen LogP contribution in [0.25, 0.3) is 0 Å². The van der Waals surface area contributed by atoms with E-state index in [9.17, 15) is 15.0 Å². The summed E-state index contributed by atoms with van der Waals surface area (Å²) in [6.07, 6.45) is 21.2. The summed E-state index contributed by atoms with van der Waals surface area (Å²) in [5, 5.41) is 22.0. The van der Waals surface area contributed by atoms with Crippen LogP contribution in [0.5, 0.6) is 11.5 Å². The lowest BCUT2D eigenvalue weighted by Crippen LogP contribution is -2.26. The third kappa shape index (κ3) is 13.8. The van der Waals surface area contributed by atoms with Gasteiger partial charge in [-0.15, -0.1) is 0 Å². The van der Waals surface area contributed by atoms with Crippen molar-refractivity contribution in [3.63, 3.8) is 0 Å². The molecule has 0 aliphatic rings. The zero-order valence-electron chi connectivity index (χ0n) is 18.3. The number of allylic oxidation sites excluding steroid dienone is 2. The third-order valence-electron chi connectivity index (χ3n) is 5.17. The van der Waals surface area contributed by atoms with Gasteiger partial charge in [0.15, 0.2) is 0 Å². The Morgan fingerprint density at radius 2 is 1.45 bits per heavy atom. The Bertz CT molecular complexity index is 583. The first kappa shape index (κ1) is 25.1. The minimum absolute atomic E-state index is 0.0407. The summed E-state index contributed by atoms with van der Waals surface area (Å²) in [5.74, 6) is -0.0248. The maximum Gasteiger partial charge on any atom is 0.224 e. The molecule has 29 heavy (non-hydrogen) atoms. The van der Waals surface area contributed by atoms with E-state index in [1.165, 1.54) is 88.8 Å². The molecule has 0 radical (unpaired) electrons. The zero-order chi connectivity index (χ0) is 21.2. The van der Waals surface area contributed by atoms with E-state index in [-0.39, 0.29) is 23.8 Å². The molecule has 0 aliphatic carbocycles. The molecule has 0 bridgehead atoms. The topological polar surface area (TPSA) is 69.6 Å². The molecule has 0 saturated carbocycles. The van der Waals surface area contributed by atoms with Crippen molar-refractivity contribution in [2.75, 3.05) is 6.54 Å². The Balaban J connectivity index is 1.90. The van der Waals surface area contributed by atoms with Gasteiger partial charge in [-0.1, -0.05) is 70.4 Å². The van der Waals surface area contributed by atoms with Crippen molar-refractivity contribution in [1.82, 2.24) is 5.32 Å².